The summed E-state index contributed by atoms with van der Waals surface area (Å²) >= 11 is 3.42. The normalized spacial score (nSPS) is 17.3. The molecule has 1 atom stereocenters. The molecule has 0 spiro atoms. The second-order valence-electron chi connectivity index (χ2n) is 5.94. The van der Waals surface area contributed by atoms with E-state index in [-0.39, 0.29) is 25.0 Å². The summed E-state index contributed by atoms with van der Waals surface area (Å²) in [5, 5.41) is 9.87. The van der Waals surface area contributed by atoms with Gasteiger partial charge in [0.2, 0.25) is 0 Å². The molecule has 2 heterocycles. The first-order valence-electron chi connectivity index (χ1n) is 7.94. The second-order valence-corrected chi connectivity index (χ2v) is 6.86. The molecule has 1 aliphatic rings. The number of carbonyl (C=O) groups is 2. The quantitative estimate of drug-likeness (QED) is 0.788. The van der Waals surface area contributed by atoms with Crippen molar-refractivity contribution < 1.29 is 19.4 Å². The van der Waals surface area contributed by atoms with Crippen LogP contribution in [0.3, 0.4) is 0 Å². The molecule has 3 rings (SSSR count). The molecule has 0 aliphatic carbocycles. The average molecular weight is 395 g/mol. The van der Waals surface area contributed by atoms with Crippen molar-refractivity contribution in [2.24, 2.45) is 0 Å². The zero-order valence-electron chi connectivity index (χ0n) is 13.1. The fraction of sp³-hybridized carbons (Fsp3) is 0.412. The van der Waals surface area contributed by atoms with E-state index < -0.39 is 5.97 Å². The average Bonchev–Trinajstić information content (AvgIpc) is 3.19. The summed E-state index contributed by atoms with van der Waals surface area (Å²) in [4.78, 5) is 28.4. The molecular weight excluding hydrogens is 376 g/mol. The summed E-state index contributed by atoms with van der Waals surface area (Å²) < 4.78 is 6.53. The molecule has 1 aromatic heterocycles. The minimum Gasteiger partial charge on any atom is -0.481 e. The van der Waals surface area contributed by atoms with Crippen molar-refractivity contribution in [3.8, 4) is 0 Å². The Kier molecular flexibility index (Phi) is 5.20. The van der Waals surface area contributed by atoms with E-state index in [1.54, 1.807) is 11.0 Å². The minimum absolute atomic E-state index is 0.0127. The highest BCUT2D eigenvalue weighted by Crippen LogP contribution is 2.22. The molecule has 2 aromatic rings. The highest BCUT2D eigenvalue weighted by molar-refractivity contribution is 9.10. The van der Waals surface area contributed by atoms with Crippen LogP contribution in [-0.2, 0) is 9.53 Å². The number of halogens is 1. The van der Waals surface area contributed by atoms with Crippen molar-refractivity contribution in [1.82, 2.24) is 9.88 Å². The molecule has 0 bridgehead atoms. The molecular formula is C17H19BrN2O4. The summed E-state index contributed by atoms with van der Waals surface area (Å²) in [5.74, 6) is -1.11. The van der Waals surface area contributed by atoms with E-state index in [0.29, 0.717) is 18.8 Å². The van der Waals surface area contributed by atoms with Gasteiger partial charge in [-0.15, -0.1) is 0 Å². The number of nitrogens with zero attached hydrogens (tertiary/aromatic N) is 1. The third-order valence-corrected chi connectivity index (χ3v) is 4.64. The van der Waals surface area contributed by atoms with E-state index in [9.17, 15) is 9.59 Å². The smallest absolute Gasteiger partial charge is 0.305 e. The molecule has 6 nitrogen and oxygen atoms in total. The Morgan fingerprint density at radius 1 is 1.38 bits per heavy atom. The van der Waals surface area contributed by atoms with Crippen LogP contribution in [0.5, 0.6) is 0 Å². The maximum atomic E-state index is 12.8. The van der Waals surface area contributed by atoms with Crippen molar-refractivity contribution in [2.75, 3.05) is 19.7 Å². The van der Waals surface area contributed by atoms with Gasteiger partial charge in [-0.05, 0) is 37.1 Å². The van der Waals surface area contributed by atoms with E-state index in [1.165, 1.54) is 0 Å². The van der Waals surface area contributed by atoms with Gasteiger partial charge in [0, 0.05) is 35.1 Å². The summed E-state index contributed by atoms with van der Waals surface area (Å²) in [6.07, 6.45) is 1.79. The first kappa shape index (κ1) is 17.0. The van der Waals surface area contributed by atoms with Gasteiger partial charge in [-0.25, -0.2) is 0 Å². The van der Waals surface area contributed by atoms with Crippen LogP contribution < -0.4 is 0 Å². The molecule has 1 fully saturated rings. The number of benzene rings is 1. The van der Waals surface area contributed by atoms with Crippen LogP contribution in [-0.4, -0.2) is 52.7 Å². The molecule has 1 unspecified atom stereocenters. The standard InChI is InChI=1S/C17H19BrN2O4/c18-12-3-4-14-11(8-12)9-15(19-14)17(23)20(6-5-16(21)22)10-13-2-1-7-24-13/h3-4,8-9,13,19H,1-2,5-7,10H2,(H,21,22). The van der Waals surface area contributed by atoms with Gasteiger partial charge >= 0.3 is 5.97 Å². The van der Waals surface area contributed by atoms with Crippen LogP contribution >= 0.6 is 15.9 Å². The van der Waals surface area contributed by atoms with E-state index in [0.717, 1.165) is 28.2 Å². The lowest BCUT2D eigenvalue weighted by atomic mass is 10.2. The number of aromatic amines is 1. The number of rotatable bonds is 6. The number of amides is 1. The lowest BCUT2D eigenvalue weighted by Gasteiger charge is -2.24. The van der Waals surface area contributed by atoms with Crippen LogP contribution in [0.25, 0.3) is 10.9 Å². The minimum atomic E-state index is -0.916. The molecule has 128 valence electrons. The Labute approximate surface area is 147 Å². The summed E-state index contributed by atoms with van der Waals surface area (Å²) in [6, 6.07) is 7.54. The Morgan fingerprint density at radius 3 is 2.92 bits per heavy atom. The molecule has 0 saturated carbocycles. The molecule has 1 saturated heterocycles. The molecule has 1 aliphatic heterocycles. The fourth-order valence-electron chi connectivity index (χ4n) is 2.93. The van der Waals surface area contributed by atoms with Crippen LogP contribution in [0.1, 0.15) is 29.8 Å². The number of ether oxygens (including phenoxy) is 1. The van der Waals surface area contributed by atoms with Crippen molar-refractivity contribution >= 4 is 38.7 Å². The first-order chi connectivity index (χ1) is 11.5. The highest BCUT2D eigenvalue weighted by atomic mass is 79.9. The zero-order valence-corrected chi connectivity index (χ0v) is 14.7. The molecule has 1 aromatic carbocycles. The van der Waals surface area contributed by atoms with E-state index in [1.807, 2.05) is 18.2 Å². The highest BCUT2D eigenvalue weighted by Gasteiger charge is 2.24. The maximum absolute atomic E-state index is 12.8. The predicted octanol–water partition coefficient (Wildman–Crippen LogP) is 3.03. The van der Waals surface area contributed by atoms with Gasteiger partial charge in [0.1, 0.15) is 5.69 Å². The van der Waals surface area contributed by atoms with Crippen molar-refractivity contribution in [3.05, 3.63) is 34.4 Å². The molecule has 7 heteroatoms. The largest absolute Gasteiger partial charge is 0.481 e. The van der Waals surface area contributed by atoms with Gasteiger partial charge < -0.3 is 19.7 Å². The molecule has 24 heavy (non-hydrogen) atoms. The number of carboxylic acid groups (broad SMARTS) is 1. The Hall–Kier alpha value is -1.86. The van der Waals surface area contributed by atoms with Crippen molar-refractivity contribution in [1.29, 1.82) is 0 Å². The van der Waals surface area contributed by atoms with Gasteiger partial charge in [0.25, 0.3) is 5.91 Å². The molecule has 0 radical (unpaired) electrons. The summed E-state index contributed by atoms with van der Waals surface area (Å²) in [7, 11) is 0. The van der Waals surface area contributed by atoms with Gasteiger partial charge in [-0.1, -0.05) is 15.9 Å². The number of carboxylic acids is 1. The number of hydrogen-bond acceptors (Lipinski definition) is 3. The van der Waals surface area contributed by atoms with E-state index in [4.69, 9.17) is 9.84 Å². The number of H-pyrrole nitrogens is 1. The third-order valence-electron chi connectivity index (χ3n) is 4.14. The summed E-state index contributed by atoms with van der Waals surface area (Å²) in [6.45, 7) is 1.30. The number of fused-ring (bicyclic) bond motifs is 1. The number of carbonyl (C=O) groups excluding carboxylic acids is 1. The second kappa shape index (κ2) is 7.36. The zero-order chi connectivity index (χ0) is 17.1. The van der Waals surface area contributed by atoms with Crippen LogP contribution in [0.15, 0.2) is 28.7 Å². The van der Waals surface area contributed by atoms with Gasteiger partial charge in [0.05, 0.1) is 12.5 Å². The Morgan fingerprint density at radius 2 is 2.21 bits per heavy atom. The molecule has 2 N–H and O–H groups in total. The van der Waals surface area contributed by atoms with Crippen molar-refractivity contribution in [3.63, 3.8) is 0 Å². The Bertz CT molecular complexity index is 752. The summed E-state index contributed by atoms with van der Waals surface area (Å²) in [5.41, 5.74) is 1.34. The number of nitrogens with one attached hydrogen (secondary N) is 1. The van der Waals surface area contributed by atoms with Crippen molar-refractivity contribution in [2.45, 2.75) is 25.4 Å². The topological polar surface area (TPSA) is 82.6 Å². The van der Waals surface area contributed by atoms with Gasteiger partial charge in [-0.2, -0.15) is 0 Å². The molecule has 1 amide bonds. The SMILES string of the molecule is O=C(O)CCN(CC1CCCO1)C(=O)c1cc2cc(Br)ccc2[nH]1. The fourth-order valence-corrected chi connectivity index (χ4v) is 3.31. The lowest BCUT2D eigenvalue weighted by molar-refractivity contribution is -0.137. The third kappa shape index (κ3) is 3.96. The number of aromatic nitrogens is 1. The van der Waals surface area contributed by atoms with Crippen LogP contribution in [0.2, 0.25) is 0 Å². The maximum Gasteiger partial charge on any atom is 0.305 e. The number of hydrogen-bond donors (Lipinski definition) is 2. The monoisotopic (exact) mass is 394 g/mol. The lowest BCUT2D eigenvalue weighted by Crippen LogP contribution is -2.39. The first-order valence-corrected chi connectivity index (χ1v) is 8.73. The van der Waals surface area contributed by atoms with E-state index in [2.05, 4.69) is 20.9 Å². The van der Waals surface area contributed by atoms with Gasteiger partial charge in [-0.3, -0.25) is 9.59 Å². The van der Waals surface area contributed by atoms with Gasteiger partial charge in [0.15, 0.2) is 0 Å². The van der Waals surface area contributed by atoms with Crippen LogP contribution in [0, 0.1) is 0 Å². The Balaban J connectivity index is 1.80. The predicted molar refractivity (Wildman–Crippen MR) is 93.1 cm³/mol. The van der Waals surface area contributed by atoms with Crippen LogP contribution in [0.4, 0.5) is 0 Å². The van der Waals surface area contributed by atoms with E-state index >= 15 is 0 Å². The number of aliphatic carboxylic acids is 1.